The van der Waals surface area contributed by atoms with Crippen molar-refractivity contribution in [2.75, 3.05) is 12.3 Å². The molecule has 0 unspecified atom stereocenters. The van der Waals surface area contributed by atoms with Gasteiger partial charge in [0.15, 0.2) is 5.96 Å². The van der Waals surface area contributed by atoms with Crippen molar-refractivity contribution in [2.24, 2.45) is 27.9 Å². The molecule has 4 amide bonds. The van der Waals surface area contributed by atoms with E-state index in [4.69, 9.17) is 22.9 Å². The predicted molar refractivity (Wildman–Crippen MR) is 153 cm³/mol. The molecule has 4 atom stereocenters. The molecule has 216 valence electrons. The monoisotopic (exact) mass is 582 g/mol. The zero-order valence-corrected chi connectivity index (χ0v) is 23.6. The molecular weight excluding hydrogens is 544 g/mol. The van der Waals surface area contributed by atoms with Crippen LogP contribution in [-0.4, -0.2) is 75.9 Å². The van der Waals surface area contributed by atoms with Gasteiger partial charge >= 0.3 is 0 Å². The maximum atomic E-state index is 13.3. The lowest BCUT2D eigenvalue weighted by Gasteiger charge is -2.32. The van der Waals surface area contributed by atoms with Gasteiger partial charge in [-0.15, -0.1) is 0 Å². The standard InChI is InChI=1S/C24H38N8O5S2/c1-24(2)18(19(26)34)32-21(36)16(5-3-4-10-29-23(27)28)30-22(37)17(12-38-39-24)31-20(35)15(25)11-13-6-8-14(33)9-7-13/h6-9,15-18,33H,3-5,10-12,25H2,1-2H3,(H2,26,34)(H,30,37)(H,31,35)(H,32,36)(H4,27,28,29)/t15-,16-,17+,18-/m0/s1. The van der Waals surface area contributed by atoms with Gasteiger partial charge in [0.1, 0.15) is 23.9 Å². The van der Waals surface area contributed by atoms with E-state index in [0.717, 1.165) is 5.56 Å². The summed E-state index contributed by atoms with van der Waals surface area (Å²) in [4.78, 5) is 55.5. The van der Waals surface area contributed by atoms with Crippen molar-refractivity contribution < 1.29 is 24.3 Å². The predicted octanol–water partition coefficient (Wildman–Crippen LogP) is -1.18. The van der Waals surface area contributed by atoms with Gasteiger partial charge in [0, 0.05) is 17.0 Å². The quantitative estimate of drug-likeness (QED) is 0.0710. The number of hydrogen-bond donors (Lipinski definition) is 8. The molecule has 1 fully saturated rings. The Hall–Kier alpha value is -3.17. The largest absolute Gasteiger partial charge is 0.508 e. The van der Waals surface area contributed by atoms with Crippen LogP contribution in [0.1, 0.15) is 38.7 Å². The number of carbonyl (C=O) groups is 4. The molecule has 15 heteroatoms. The molecule has 0 spiro atoms. The van der Waals surface area contributed by atoms with Crippen LogP contribution in [0.2, 0.25) is 0 Å². The molecule has 1 aromatic carbocycles. The van der Waals surface area contributed by atoms with Crippen LogP contribution in [0.4, 0.5) is 0 Å². The number of nitrogens with two attached hydrogens (primary N) is 4. The Morgan fingerprint density at radius 2 is 1.79 bits per heavy atom. The number of phenols is 1. The maximum absolute atomic E-state index is 13.3. The fourth-order valence-corrected chi connectivity index (χ4v) is 6.61. The van der Waals surface area contributed by atoms with E-state index in [1.165, 1.54) is 33.7 Å². The van der Waals surface area contributed by atoms with Gasteiger partial charge in [-0.2, -0.15) is 0 Å². The highest BCUT2D eigenvalue weighted by molar-refractivity contribution is 8.77. The van der Waals surface area contributed by atoms with Gasteiger partial charge in [-0.25, -0.2) is 0 Å². The van der Waals surface area contributed by atoms with E-state index in [-0.39, 0.29) is 30.3 Å². The number of unbranched alkanes of at least 4 members (excludes halogenated alkanes) is 1. The molecule has 0 aromatic heterocycles. The Morgan fingerprint density at radius 1 is 1.13 bits per heavy atom. The molecule has 1 aliphatic heterocycles. The Bertz CT molecular complexity index is 1050. The van der Waals surface area contributed by atoms with Crippen molar-refractivity contribution >= 4 is 51.2 Å². The summed E-state index contributed by atoms with van der Waals surface area (Å²) in [5.74, 6) is -2.18. The first-order chi connectivity index (χ1) is 18.3. The van der Waals surface area contributed by atoms with Crippen molar-refractivity contribution in [1.82, 2.24) is 16.0 Å². The Kier molecular flexibility index (Phi) is 12.2. The summed E-state index contributed by atoms with van der Waals surface area (Å²) < 4.78 is -0.818. The molecular formula is C24H38N8O5S2. The van der Waals surface area contributed by atoms with Gasteiger partial charge in [0.25, 0.3) is 0 Å². The zero-order valence-electron chi connectivity index (χ0n) is 22.0. The first-order valence-corrected chi connectivity index (χ1v) is 14.7. The molecule has 0 aliphatic carbocycles. The Morgan fingerprint density at radius 3 is 2.41 bits per heavy atom. The highest BCUT2D eigenvalue weighted by Crippen LogP contribution is 2.38. The average molecular weight is 583 g/mol. The lowest BCUT2D eigenvalue weighted by atomic mass is 10.0. The molecule has 0 radical (unpaired) electrons. The number of primary amides is 1. The molecule has 1 heterocycles. The minimum Gasteiger partial charge on any atom is -0.508 e. The van der Waals surface area contributed by atoms with Crippen molar-refractivity contribution in [3.05, 3.63) is 29.8 Å². The third kappa shape index (κ3) is 10.5. The fourth-order valence-electron chi connectivity index (χ4n) is 3.78. The third-order valence-corrected chi connectivity index (χ3v) is 9.27. The first-order valence-electron chi connectivity index (χ1n) is 12.4. The summed E-state index contributed by atoms with van der Waals surface area (Å²) in [5, 5.41) is 17.5. The van der Waals surface area contributed by atoms with Crippen LogP contribution in [0.5, 0.6) is 5.75 Å². The minimum absolute atomic E-state index is 0.0419. The summed E-state index contributed by atoms with van der Waals surface area (Å²) in [6.07, 6.45) is 1.49. The maximum Gasteiger partial charge on any atom is 0.244 e. The number of phenolic OH excluding ortho intramolecular Hbond substituents is 1. The number of hydrogen-bond acceptors (Lipinski definition) is 9. The number of carbonyl (C=O) groups excluding carboxylic acids is 4. The number of nitrogens with one attached hydrogen (secondary N) is 3. The SMILES string of the molecule is CC1(C)SSC[C@@H](NC(=O)[C@@H](N)Cc2ccc(O)cc2)C(=O)N[C@@H](CCCCN=C(N)N)C(=O)N[C@H]1C(N)=O. The molecule has 0 bridgehead atoms. The van der Waals surface area contributed by atoms with E-state index < -0.39 is 52.5 Å². The van der Waals surface area contributed by atoms with Crippen molar-refractivity contribution in [1.29, 1.82) is 0 Å². The van der Waals surface area contributed by atoms with Gasteiger partial charge in [-0.1, -0.05) is 33.7 Å². The molecule has 1 aromatic rings. The average Bonchev–Trinajstić information content (AvgIpc) is 2.86. The summed E-state index contributed by atoms with van der Waals surface area (Å²) in [6.45, 7) is 3.88. The van der Waals surface area contributed by atoms with Crippen molar-refractivity contribution in [3.8, 4) is 5.75 Å². The normalized spacial score (nSPS) is 22.4. The minimum atomic E-state index is -1.01. The van der Waals surface area contributed by atoms with Crippen LogP contribution >= 0.6 is 21.6 Å². The van der Waals surface area contributed by atoms with Gasteiger partial charge in [-0.05, 0) is 57.2 Å². The van der Waals surface area contributed by atoms with Gasteiger partial charge < -0.3 is 44.0 Å². The van der Waals surface area contributed by atoms with Gasteiger partial charge in [-0.3, -0.25) is 24.2 Å². The molecule has 39 heavy (non-hydrogen) atoms. The Balaban J connectivity index is 2.19. The smallest absolute Gasteiger partial charge is 0.244 e. The molecule has 0 saturated carbocycles. The number of aliphatic imine (C=N–C) groups is 1. The van der Waals surface area contributed by atoms with Gasteiger partial charge in [0.2, 0.25) is 23.6 Å². The molecule has 12 N–H and O–H groups in total. The zero-order chi connectivity index (χ0) is 29.2. The second-order valence-corrected chi connectivity index (χ2v) is 12.7. The van der Waals surface area contributed by atoms with E-state index in [1.54, 1.807) is 26.0 Å². The van der Waals surface area contributed by atoms with Crippen molar-refractivity contribution in [2.45, 2.75) is 68.4 Å². The number of benzene rings is 1. The van der Waals surface area contributed by atoms with Crippen LogP contribution in [0.15, 0.2) is 29.3 Å². The molecule has 13 nitrogen and oxygen atoms in total. The fraction of sp³-hybridized carbons (Fsp3) is 0.542. The van der Waals surface area contributed by atoms with E-state index in [1.807, 2.05) is 0 Å². The summed E-state index contributed by atoms with van der Waals surface area (Å²) >= 11 is 0. The second kappa shape index (κ2) is 14.8. The summed E-state index contributed by atoms with van der Waals surface area (Å²) in [6, 6.07) is 2.35. The lowest BCUT2D eigenvalue weighted by Crippen LogP contribution is -2.60. The number of aromatic hydroxyl groups is 1. The highest BCUT2D eigenvalue weighted by Gasteiger charge is 2.39. The van der Waals surface area contributed by atoms with Crippen LogP contribution < -0.4 is 38.9 Å². The van der Waals surface area contributed by atoms with E-state index in [2.05, 4.69) is 20.9 Å². The molecule has 1 aliphatic rings. The van der Waals surface area contributed by atoms with Crippen LogP contribution in [-0.2, 0) is 25.6 Å². The van der Waals surface area contributed by atoms with E-state index >= 15 is 0 Å². The van der Waals surface area contributed by atoms with Crippen LogP contribution in [0.3, 0.4) is 0 Å². The van der Waals surface area contributed by atoms with E-state index in [0.29, 0.717) is 19.4 Å². The van der Waals surface area contributed by atoms with Gasteiger partial charge in [0.05, 0.1) is 6.04 Å². The topological polar surface area (TPSA) is 241 Å². The number of guanidine groups is 1. The Labute approximate surface area is 235 Å². The first kappa shape index (κ1) is 32.0. The second-order valence-electron chi connectivity index (χ2n) is 9.72. The number of rotatable bonds is 10. The molecule has 1 saturated heterocycles. The van der Waals surface area contributed by atoms with Crippen LogP contribution in [0, 0.1) is 0 Å². The number of nitrogens with zero attached hydrogens (tertiary/aromatic N) is 1. The third-order valence-electron chi connectivity index (χ3n) is 5.96. The van der Waals surface area contributed by atoms with Crippen molar-refractivity contribution in [3.63, 3.8) is 0 Å². The summed E-state index contributed by atoms with van der Waals surface area (Å²) in [7, 11) is 2.54. The van der Waals surface area contributed by atoms with Crippen LogP contribution in [0.25, 0.3) is 0 Å². The molecule has 2 rings (SSSR count). The highest BCUT2D eigenvalue weighted by atomic mass is 33.1. The number of amides is 4. The lowest BCUT2D eigenvalue weighted by molar-refractivity contribution is -0.133. The van der Waals surface area contributed by atoms with E-state index in [9.17, 15) is 24.3 Å². The summed E-state index contributed by atoms with van der Waals surface area (Å²) in [5.41, 5.74) is 23.1.